The van der Waals surface area contributed by atoms with Gasteiger partial charge >= 0.3 is 0 Å². The fourth-order valence-corrected chi connectivity index (χ4v) is 3.85. The molecule has 0 bridgehead atoms. The maximum atomic E-state index is 12.4. The van der Waals surface area contributed by atoms with Gasteiger partial charge in [-0.25, -0.2) is 22.0 Å². The van der Waals surface area contributed by atoms with Crippen LogP contribution in [0.25, 0.3) is 0 Å². The van der Waals surface area contributed by atoms with Crippen molar-refractivity contribution in [1.29, 1.82) is 0 Å². The summed E-state index contributed by atoms with van der Waals surface area (Å²) in [5.74, 6) is -0.896. The second-order valence-corrected chi connectivity index (χ2v) is 8.16. The first-order valence-electron chi connectivity index (χ1n) is 6.61. The summed E-state index contributed by atoms with van der Waals surface area (Å²) in [6.07, 6.45) is 0. The van der Waals surface area contributed by atoms with Gasteiger partial charge in [0.05, 0.1) is 9.79 Å². The van der Waals surface area contributed by atoms with Crippen LogP contribution in [0.5, 0.6) is 0 Å². The van der Waals surface area contributed by atoms with Crippen LogP contribution in [0, 0.1) is 0 Å². The Morgan fingerprint density at radius 1 is 0.917 bits per heavy atom. The molecule has 0 radical (unpaired) electrons. The van der Waals surface area contributed by atoms with Crippen molar-refractivity contribution in [3.05, 3.63) is 60.2 Å². The van der Waals surface area contributed by atoms with E-state index in [1.54, 1.807) is 30.3 Å². The molecule has 0 aliphatic heterocycles. The lowest BCUT2D eigenvalue weighted by atomic mass is 10.1. The summed E-state index contributed by atoms with van der Waals surface area (Å²) in [4.78, 5) is 10.9. The second-order valence-electron chi connectivity index (χ2n) is 4.89. The Hall–Kier alpha value is -2.27. The number of nitrogens with two attached hydrogens (primary N) is 2. The van der Waals surface area contributed by atoms with E-state index in [-0.39, 0.29) is 9.79 Å². The number of carbonyl (C=O) groups excluding carboxylic acids is 1. The minimum Gasteiger partial charge on any atom is -0.368 e. The van der Waals surface area contributed by atoms with Crippen molar-refractivity contribution in [2.24, 2.45) is 10.9 Å². The standard InChI is InChI=1S/C14H15N3O5S2/c15-14(18)13(10-5-2-1-3-6-10)17-24(21,22)12-8-4-7-11(9-12)23(16,19)20/h1-9,13,17H,(H2,15,18)(H2,16,19,20). The normalized spacial score (nSPS) is 13.4. The lowest BCUT2D eigenvalue weighted by Crippen LogP contribution is -2.37. The van der Waals surface area contributed by atoms with E-state index < -0.39 is 32.0 Å². The van der Waals surface area contributed by atoms with Gasteiger partial charge in [0.2, 0.25) is 26.0 Å². The molecule has 1 atom stereocenters. The molecular weight excluding hydrogens is 354 g/mol. The molecule has 0 spiro atoms. The third-order valence-electron chi connectivity index (χ3n) is 3.13. The summed E-state index contributed by atoms with van der Waals surface area (Å²) in [7, 11) is -8.27. The third-order valence-corrected chi connectivity index (χ3v) is 5.47. The molecule has 24 heavy (non-hydrogen) atoms. The zero-order chi connectivity index (χ0) is 18.0. The molecule has 2 rings (SSSR count). The molecule has 8 nitrogen and oxygen atoms in total. The highest BCUT2D eigenvalue weighted by atomic mass is 32.2. The SMILES string of the molecule is NC(=O)C(NS(=O)(=O)c1cccc(S(N)(=O)=O)c1)c1ccccc1. The average Bonchev–Trinajstić information content (AvgIpc) is 2.52. The van der Waals surface area contributed by atoms with Crippen LogP contribution in [0.3, 0.4) is 0 Å². The number of hydrogen-bond acceptors (Lipinski definition) is 5. The van der Waals surface area contributed by atoms with Crippen molar-refractivity contribution in [3.8, 4) is 0 Å². The Morgan fingerprint density at radius 3 is 2.04 bits per heavy atom. The zero-order valence-corrected chi connectivity index (χ0v) is 13.9. The van der Waals surface area contributed by atoms with E-state index >= 15 is 0 Å². The van der Waals surface area contributed by atoms with E-state index in [0.717, 1.165) is 12.1 Å². The summed E-state index contributed by atoms with van der Waals surface area (Å²) in [6.45, 7) is 0. The fraction of sp³-hybridized carbons (Fsp3) is 0.0714. The molecule has 0 fully saturated rings. The quantitative estimate of drug-likeness (QED) is 0.646. The van der Waals surface area contributed by atoms with Crippen LogP contribution in [0.2, 0.25) is 0 Å². The first-order valence-corrected chi connectivity index (χ1v) is 9.64. The Morgan fingerprint density at radius 2 is 1.50 bits per heavy atom. The molecule has 2 aromatic carbocycles. The average molecular weight is 369 g/mol. The summed E-state index contributed by atoms with van der Waals surface area (Å²) in [5.41, 5.74) is 5.63. The van der Waals surface area contributed by atoms with E-state index in [1.807, 2.05) is 0 Å². The van der Waals surface area contributed by atoms with Gasteiger partial charge in [0.1, 0.15) is 6.04 Å². The number of primary sulfonamides is 1. The fourth-order valence-electron chi connectivity index (χ4n) is 1.98. The van der Waals surface area contributed by atoms with Crippen LogP contribution in [0.1, 0.15) is 11.6 Å². The van der Waals surface area contributed by atoms with E-state index in [9.17, 15) is 21.6 Å². The predicted octanol–water partition coefficient (Wildman–Crippen LogP) is -0.161. The van der Waals surface area contributed by atoms with Gasteiger partial charge in [0.15, 0.2) is 0 Å². The summed E-state index contributed by atoms with van der Waals surface area (Å²) in [5, 5.41) is 4.99. The van der Waals surface area contributed by atoms with Crippen LogP contribution in [-0.2, 0) is 24.8 Å². The molecule has 5 N–H and O–H groups in total. The smallest absolute Gasteiger partial charge is 0.241 e. The van der Waals surface area contributed by atoms with Crippen molar-refractivity contribution in [2.75, 3.05) is 0 Å². The van der Waals surface area contributed by atoms with Crippen LogP contribution >= 0.6 is 0 Å². The molecule has 0 saturated carbocycles. The highest BCUT2D eigenvalue weighted by molar-refractivity contribution is 7.90. The number of sulfonamides is 2. The van der Waals surface area contributed by atoms with E-state index in [4.69, 9.17) is 10.9 Å². The minimum absolute atomic E-state index is 0.351. The van der Waals surface area contributed by atoms with Gasteiger partial charge in [-0.1, -0.05) is 36.4 Å². The van der Waals surface area contributed by atoms with Crippen molar-refractivity contribution in [2.45, 2.75) is 15.8 Å². The Bertz CT molecular complexity index is 957. The molecular formula is C14H15N3O5S2. The van der Waals surface area contributed by atoms with Crippen molar-refractivity contribution >= 4 is 26.0 Å². The van der Waals surface area contributed by atoms with Crippen LogP contribution in [0.4, 0.5) is 0 Å². The molecule has 0 heterocycles. The first kappa shape index (κ1) is 18.1. The van der Waals surface area contributed by atoms with Crippen molar-refractivity contribution in [1.82, 2.24) is 4.72 Å². The number of carbonyl (C=O) groups is 1. The third kappa shape index (κ3) is 4.17. The van der Waals surface area contributed by atoms with E-state index in [1.165, 1.54) is 12.1 Å². The van der Waals surface area contributed by atoms with Crippen molar-refractivity contribution < 1.29 is 21.6 Å². The van der Waals surface area contributed by atoms with E-state index in [2.05, 4.69) is 4.72 Å². The zero-order valence-electron chi connectivity index (χ0n) is 12.3. The van der Waals surface area contributed by atoms with Crippen LogP contribution in [-0.4, -0.2) is 22.7 Å². The van der Waals surface area contributed by atoms with Crippen LogP contribution in [0.15, 0.2) is 64.4 Å². The number of benzene rings is 2. The summed E-state index contributed by atoms with van der Waals surface area (Å²) >= 11 is 0. The molecule has 0 aliphatic carbocycles. The Balaban J connectivity index is 2.42. The van der Waals surface area contributed by atoms with Crippen LogP contribution < -0.4 is 15.6 Å². The highest BCUT2D eigenvalue weighted by Gasteiger charge is 2.26. The number of hydrogen-bond donors (Lipinski definition) is 3. The Kier molecular flexibility index (Phi) is 5.04. The lowest BCUT2D eigenvalue weighted by molar-refractivity contribution is -0.119. The van der Waals surface area contributed by atoms with Gasteiger partial charge in [0.25, 0.3) is 0 Å². The molecule has 2 aromatic rings. The lowest BCUT2D eigenvalue weighted by Gasteiger charge is -2.16. The minimum atomic E-state index is -4.21. The number of rotatable bonds is 6. The highest BCUT2D eigenvalue weighted by Crippen LogP contribution is 2.19. The Labute approximate surface area is 139 Å². The van der Waals surface area contributed by atoms with Crippen molar-refractivity contribution in [3.63, 3.8) is 0 Å². The molecule has 0 aliphatic rings. The number of nitrogens with one attached hydrogen (secondary N) is 1. The molecule has 1 amide bonds. The van der Waals surface area contributed by atoms with Gasteiger partial charge < -0.3 is 5.73 Å². The topological polar surface area (TPSA) is 149 Å². The van der Waals surface area contributed by atoms with E-state index in [0.29, 0.717) is 5.56 Å². The van der Waals surface area contributed by atoms with Gasteiger partial charge in [-0.3, -0.25) is 4.79 Å². The summed E-state index contributed by atoms with van der Waals surface area (Å²) < 4.78 is 49.8. The monoisotopic (exact) mass is 369 g/mol. The molecule has 0 saturated heterocycles. The number of primary amides is 1. The van der Waals surface area contributed by atoms with Gasteiger partial charge in [0, 0.05) is 0 Å². The van der Waals surface area contributed by atoms with Gasteiger partial charge in [-0.05, 0) is 23.8 Å². The molecule has 0 aromatic heterocycles. The maximum Gasteiger partial charge on any atom is 0.241 e. The summed E-state index contributed by atoms with van der Waals surface area (Å²) in [6, 6.07) is 11.2. The second kappa shape index (κ2) is 6.69. The number of amides is 1. The maximum absolute atomic E-state index is 12.4. The predicted molar refractivity (Wildman–Crippen MR) is 86.5 cm³/mol. The first-order chi connectivity index (χ1) is 11.1. The molecule has 128 valence electrons. The largest absolute Gasteiger partial charge is 0.368 e. The molecule has 10 heteroatoms. The van der Waals surface area contributed by atoms with Gasteiger partial charge in [-0.2, -0.15) is 4.72 Å². The van der Waals surface area contributed by atoms with Gasteiger partial charge in [-0.15, -0.1) is 0 Å². The molecule has 1 unspecified atom stereocenters.